The van der Waals surface area contributed by atoms with Crippen LogP contribution in [0.1, 0.15) is 0 Å². The molecule has 88 valence electrons. The fraction of sp³-hybridized carbons (Fsp3) is 0.400. The van der Waals surface area contributed by atoms with Gasteiger partial charge in [-0.3, -0.25) is 4.18 Å². The molecule has 0 amide bonds. The molecule has 0 fully saturated rings. The van der Waals surface area contributed by atoms with Gasteiger partial charge in [-0.05, 0) is 12.1 Å². The molecule has 0 saturated carbocycles. The predicted molar refractivity (Wildman–Crippen MR) is 57.1 cm³/mol. The molecule has 1 atom stereocenters. The van der Waals surface area contributed by atoms with Gasteiger partial charge in [0.05, 0.1) is 6.26 Å². The summed E-state index contributed by atoms with van der Waals surface area (Å²) in [6.07, 6.45) is 0.606. The van der Waals surface area contributed by atoms with Crippen LogP contribution in [0.15, 0.2) is 24.3 Å². The van der Waals surface area contributed by atoms with E-state index in [1.165, 1.54) is 0 Å². The van der Waals surface area contributed by atoms with E-state index in [4.69, 9.17) is 9.47 Å². The quantitative estimate of drug-likeness (QED) is 0.736. The number of ether oxygens (including phenoxy) is 2. The summed E-state index contributed by atoms with van der Waals surface area (Å²) in [4.78, 5) is 0. The number of para-hydroxylation sites is 2. The smallest absolute Gasteiger partial charge is 0.264 e. The standard InChI is InChI=1S/C10H12O5S/c1-16(11,12)14-7-8-6-13-9-4-2-3-5-10(9)15-8/h2-5,8H,6-7H2,1H3/t8-/m1/s1. The second kappa shape index (κ2) is 4.31. The summed E-state index contributed by atoms with van der Waals surface area (Å²) in [5.41, 5.74) is 0. The van der Waals surface area contributed by atoms with E-state index in [2.05, 4.69) is 4.18 Å². The Hall–Kier alpha value is -1.27. The first-order chi connectivity index (χ1) is 7.54. The lowest BCUT2D eigenvalue weighted by molar-refractivity contribution is 0.0558. The van der Waals surface area contributed by atoms with E-state index in [9.17, 15) is 8.42 Å². The molecule has 5 nitrogen and oxygen atoms in total. The van der Waals surface area contributed by atoms with E-state index >= 15 is 0 Å². The monoisotopic (exact) mass is 244 g/mol. The van der Waals surface area contributed by atoms with Gasteiger partial charge in [-0.1, -0.05) is 12.1 Å². The van der Waals surface area contributed by atoms with Crippen LogP contribution in [0.5, 0.6) is 11.5 Å². The lowest BCUT2D eigenvalue weighted by Gasteiger charge is -2.25. The number of hydrogen-bond donors (Lipinski definition) is 0. The van der Waals surface area contributed by atoms with Gasteiger partial charge >= 0.3 is 0 Å². The first-order valence-electron chi connectivity index (χ1n) is 4.77. The molecule has 0 saturated heterocycles. The van der Waals surface area contributed by atoms with Gasteiger partial charge in [0.2, 0.25) is 0 Å². The van der Waals surface area contributed by atoms with Crippen LogP contribution in [0.3, 0.4) is 0 Å². The summed E-state index contributed by atoms with van der Waals surface area (Å²) in [5.74, 6) is 1.27. The Morgan fingerprint density at radius 2 is 2.06 bits per heavy atom. The van der Waals surface area contributed by atoms with Crippen molar-refractivity contribution >= 4 is 10.1 Å². The first kappa shape index (κ1) is 11.2. The van der Waals surface area contributed by atoms with Crippen molar-refractivity contribution in [3.63, 3.8) is 0 Å². The molecule has 0 aromatic heterocycles. The van der Waals surface area contributed by atoms with Crippen LogP contribution in [-0.4, -0.2) is 34.0 Å². The van der Waals surface area contributed by atoms with Crippen LogP contribution in [-0.2, 0) is 14.3 Å². The minimum absolute atomic E-state index is 0.0346. The highest BCUT2D eigenvalue weighted by Crippen LogP contribution is 2.30. The molecule has 0 spiro atoms. The zero-order valence-corrected chi connectivity index (χ0v) is 9.57. The molecule has 0 N–H and O–H groups in total. The summed E-state index contributed by atoms with van der Waals surface area (Å²) in [6, 6.07) is 7.22. The third-order valence-corrected chi connectivity index (χ3v) is 2.60. The molecule has 2 rings (SSSR count). The van der Waals surface area contributed by atoms with Gasteiger partial charge in [0.15, 0.2) is 17.6 Å². The minimum Gasteiger partial charge on any atom is -0.486 e. The number of benzene rings is 1. The Bertz CT molecular complexity index is 468. The maximum Gasteiger partial charge on any atom is 0.264 e. The van der Waals surface area contributed by atoms with Gasteiger partial charge in [-0.15, -0.1) is 0 Å². The van der Waals surface area contributed by atoms with E-state index in [1.54, 1.807) is 12.1 Å². The van der Waals surface area contributed by atoms with Gasteiger partial charge in [-0.25, -0.2) is 0 Å². The molecular formula is C10H12O5S. The van der Waals surface area contributed by atoms with Crippen LogP contribution in [0.2, 0.25) is 0 Å². The van der Waals surface area contributed by atoms with E-state index < -0.39 is 16.2 Å². The Balaban J connectivity index is 1.98. The average Bonchev–Trinajstić information content (AvgIpc) is 2.25. The molecule has 0 aliphatic carbocycles. The van der Waals surface area contributed by atoms with E-state index in [1.807, 2.05) is 12.1 Å². The van der Waals surface area contributed by atoms with Gasteiger partial charge in [0.1, 0.15) is 13.2 Å². The fourth-order valence-corrected chi connectivity index (χ4v) is 1.74. The van der Waals surface area contributed by atoms with E-state index in [0.29, 0.717) is 11.5 Å². The van der Waals surface area contributed by atoms with Gasteiger partial charge in [-0.2, -0.15) is 8.42 Å². The number of fused-ring (bicyclic) bond motifs is 1. The highest BCUT2D eigenvalue weighted by atomic mass is 32.2. The summed E-state index contributed by atoms with van der Waals surface area (Å²) < 4.78 is 37.2. The molecule has 0 bridgehead atoms. The van der Waals surface area contributed by atoms with Crippen LogP contribution in [0, 0.1) is 0 Å². The molecule has 1 aliphatic heterocycles. The summed E-state index contributed by atoms with van der Waals surface area (Å²) in [7, 11) is -3.44. The highest BCUT2D eigenvalue weighted by molar-refractivity contribution is 7.85. The number of rotatable bonds is 3. The van der Waals surface area contributed by atoms with Crippen molar-refractivity contribution in [2.75, 3.05) is 19.5 Å². The lowest BCUT2D eigenvalue weighted by atomic mass is 10.3. The minimum atomic E-state index is -3.44. The summed E-state index contributed by atoms with van der Waals surface area (Å²) in [5, 5.41) is 0. The van der Waals surface area contributed by atoms with Crippen molar-refractivity contribution in [1.29, 1.82) is 0 Å². The molecule has 16 heavy (non-hydrogen) atoms. The van der Waals surface area contributed by atoms with Crippen molar-refractivity contribution in [3.05, 3.63) is 24.3 Å². The van der Waals surface area contributed by atoms with Gasteiger partial charge < -0.3 is 9.47 Å². The third-order valence-electron chi connectivity index (χ3n) is 2.04. The topological polar surface area (TPSA) is 61.8 Å². The Morgan fingerprint density at radius 1 is 1.38 bits per heavy atom. The summed E-state index contributed by atoms with van der Waals surface area (Å²) in [6.45, 7) is 0.250. The Kier molecular flexibility index (Phi) is 3.02. The largest absolute Gasteiger partial charge is 0.486 e. The van der Waals surface area contributed by atoms with Crippen molar-refractivity contribution in [1.82, 2.24) is 0 Å². The summed E-state index contributed by atoms with van der Waals surface area (Å²) >= 11 is 0. The van der Waals surface area contributed by atoms with Crippen molar-refractivity contribution in [3.8, 4) is 11.5 Å². The van der Waals surface area contributed by atoms with Crippen LogP contribution >= 0.6 is 0 Å². The first-order valence-corrected chi connectivity index (χ1v) is 6.59. The van der Waals surface area contributed by atoms with Crippen LogP contribution in [0.25, 0.3) is 0 Å². The number of hydrogen-bond acceptors (Lipinski definition) is 5. The van der Waals surface area contributed by atoms with Gasteiger partial charge in [0.25, 0.3) is 10.1 Å². The molecule has 1 aromatic rings. The lowest BCUT2D eigenvalue weighted by Crippen LogP contribution is -2.34. The molecule has 0 unspecified atom stereocenters. The predicted octanol–water partition coefficient (Wildman–Crippen LogP) is 0.803. The van der Waals surface area contributed by atoms with Crippen molar-refractivity contribution in [2.45, 2.75) is 6.10 Å². The maximum atomic E-state index is 10.8. The van der Waals surface area contributed by atoms with E-state index in [0.717, 1.165) is 6.26 Å². The van der Waals surface area contributed by atoms with E-state index in [-0.39, 0.29) is 13.2 Å². The van der Waals surface area contributed by atoms with Crippen molar-refractivity contribution < 1.29 is 22.1 Å². The van der Waals surface area contributed by atoms with Crippen molar-refractivity contribution in [2.24, 2.45) is 0 Å². The average molecular weight is 244 g/mol. The molecular weight excluding hydrogens is 232 g/mol. The zero-order valence-electron chi connectivity index (χ0n) is 8.75. The SMILES string of the molecule is CS(=O)(=O)OC[C@H]1COc2ccccc2O1. The molecule has 0 radical (unpaired) electrons. The molecule has 6 heteroatoms. The molecule has 1 aliphatic rings. The second-order valence-electron chi connectivity index (χ2n) is 3.49. The fourth-order valence-electron chi connectivity index (χ4n) is 1.34. The second-order valence-corrected chi connectivity index (χ2v) is 5.13. The Labute approximate surface area is 94.1 Å². The molecule has 1 heterocycles. The molecule has 1 aromatic carbocycles. The van der Waals surface area contributed by atoms with Gasteiger partial charge in [0, 0.05) is 0 Å². The van der Waals surface area contributed by atoms with Crippen LogP contribution < -0.4 is 9.47 Å². The van der Waals surface area contributed by atoms with Crippen LogP contribution in [0.4, 0.5) is 0 Å². The zero-order chi connectivity index (χ0) is 11.6. The maximum absolute atomic E-state index is 10.8. The Morgan fingerprint density at radius 3 is 2.75 bits per heavy atom. The normalized spacial score (nSPS) is 19.4. The highest BCUT2D eigenvalue weighted by Gasteiger charge is 2.22. The third kappa shape index (κ3) is 2.86.